The van der Waals surface area contributed by atoms with E-state index in [1.165, 1.54) is 6.07 Å². The molecule has 1 saturated heterocycles. The van der Waals surface area contributed by atoms with E-state index >= 15 is 0 Å². The van der Waals surface area contributed by atoms with Crippen molar-refractivity contribution in [2.24, 2.45) is 0 Å². The Morgan fingerprint density at radius 1 is 1.12 bits per heavy atom. The zero-order chi connectivity index (χ0) is 17.1. The maximum absolute atomic E-state index is 11.2. The van der Waals surface area contributed by atoms with Crippen molar-refractivity contribution in [3.63, 3.8) is 0 Å². The molecular formula is C16H16Cl2N4O2. The van der Waals surface area contributed by atoms with Crippen LogP contribution in [0.4, 0.5) is 11.4 Å². The van der Waals surface area contributed by atoms with Gasteiger partial charge in [-0.25, -0.2) is 4.98 Å². The van der Waals surface area contributed by atoms with E-state index < -0.39 is 0 Å². The molecule has 3 rings (SSSR count). The summed E-state index contributed by atoms with van der Waals surface area (Å²) in [5, 5.41) is 12.1. The Hall–Kier alpha value is -1.89. The van der Waals surface area contributed by atoms with Crippen LogP contribution in [0.1, 0.15) is 5.56 Å². The van der Waals surface area contributed by atoms with Gasteiger partial charge in [0.25, 0.3) is 5.69 Å². The second kappa shape index (κ2) is 7.34. The number of nitro groups is 1. The van der Waals surface area contributed by atoms with E-state index in [-0.39, 0.29) is 10.6 Å². The molecule has 0 aliphatic carbocycles. The molecule has 0 atom stereocenters. The van der Waals surface area contributed by atoms with Crippen LogP contribution < -0.4 is 4.90 Å². The normalized spacial score (nSPS) is 15.5. The van der Waals surface area contributed by atoms with Gasteiger partial charge in [0.15, 0.2) is 0 Å². The zero-order valence-corrected chi connectivity index (χ0v) is 14.4. The number of benzene rings is 1. The quantitative estimate of drug-likeness (QED) is 0.469. The summed E-state index contributed by atoms with van der Waals surface area (Å²) < 4.78 is 0. The SMILES string of the molecule is O=[N+]([O-])c1cc(Cl)ccc1N1CCN(Cc2ccnc(Cl)c2)CC1. The van der Waals surface area contributed by atoms with Crippen molar-refractivity contribution in [1.29, 1.82) is 0 Å². The second-order valence-electron chi connectivity index (χ2n) is 5.64. The number of rotatable bonds is 4. The molecule has 8 heteroatoms. The van der Waals surface area contributed by atoms with Crippen LogP contribution >= 0.6 is 23.2 Å². The van der Waals surface area contributed by atoms with Crippen LogP contribution in [0.25, 0.3) is 0 Å². The molecule has 0 radical (unpaired) electrons. The van der Waals surface area contributed by atoms with Gasteiger partial charge in [-0.05, 0) is 29.8 Å². The van der Waals surface area contributed by atoms with Gasteiger partial charge >= 0.3 is 0 Å². The first-order chi connectivity index (χ1) is 11.5. The molecule has 2 heterocycles. The van der Waals surface area contributed by atoms with Crippen molar-refractivity contribution in [2.45, 2.75) is 6.54 Å². The third-order valence-corrected chi connectivity index (χ3v) is 4.49. The molecule has 1 aromatic heterocycles. The Balaban J connectivity index is 1.66. The summed E-state index contributed by atoms with van der Waals surface area (Å²) in [5.41, 5.74) is 1.79. The molecule has 1 aliphatic heterocycles. The highest BCUT2D eigenvalue weighted by molar-refractivity contribution is 6.31. The molecule has 0 bridgehead atoms. The number of hydrogen-bond donors (Lipinski definition) is 0. The van der Waals surface area contributed by atoms with Crippen molar-refractivity contribution in [3.05, 3.63) is 62.4 Å². The molecule has 1 aromatic carbocycles. The van der Waals surface area contributed by atoms with E-state index in [0.29, 0.717) is 15.9 Å². The fourth-order valence-corrected chi connectivity index (χ4v) is 3.22. The van der Waals surface area contributed by atoms with Crippen LogP contribution in [-0.4, -0.2) is 41.0 Å². The Morgan fingerprint density at radius 2 is 1.88 bits per heavy atom. The first-order valence-electron chi connectivity index (χ1n) is 7.54. The maximum atomic E-state index is 11.2. The van der Waals surface area contributed by atoms with Gasteiger partial charge in [0.2, 0.25) is 0 Å². The number of halogens is 2. The average Bonchev–Trinajstić information content (AvgIpc) is 2.56. The lowest BCUT2D eigenvalue weighted by Crippen LogP contribution is -2.46. The van der Waals surface area contributed by atoms with Crippen molar-refractivity contribution >= 4 is 34.6 Å². The number of pyridine rings is 1. The van der Waals surface area contributed by atoms with Crippen molar-refractivity contribution in [2.75, 3.05) is 31.1 Å². The van der Waals surface area contributed by atoms with Gasteiger partial charge in [-0.1, -0.05) is 23.2 Å². The fourth-order valence-electron chi connectivity index (χ4n) is 2.86. The second-order valence-corrected chi connectivity index (χ2v) is 6.46. The lowest BCUT2D eigenvalue weighted by Gasteiger charge is -2.35. The van der Waals surface area contributed by atoms with Crippen molar-refractivity contribution in [1.82, 2.24) is 9.88 Å². The van der Waals surface area contributed by atoms with E-state index in [2.05, 4.69) is 9.88 Å². The zero-order valence-electron chi connectivity index (χ0n) is 12.9. The minimum absolute atomic E-state index is 0.0527. The molecule has 1 aliphatic rings. The lowest BCUT2D eigenvalue weighted by atomic mass is 10.2. The van der Waals surface area contributed by atoms with E-state index in [4.69, 9.17) is 23.2 Å². The number of piperazine rings is 1. The third-order valence-electron chi connectivity index (χ3n) is 4.04. The maximum Gasteiger partial charge on any atom is 0.294 e. The van der Waals surface area contributed by atoms with E-state index in [1.807, 2.05) is 17.0 Å². The van der Waals surface area contributed by atoms with E-state index in [0.717, 1.165) is 38.3 Å². The predicted octanol–water partition coefficient (Wildman–Crippen LogP) is 3.62. The van der Waals surface area contributed by atoms with Crippen LogP contribution in [0, 0.1) is 10.1 Å². The molecule has 2 aromatic rings. The van der Waals surface area contributed by atoms with Gasteiger partial charge in [-0.3, -0.25) is 15.0 Å². The van der Waals surface area contributed by atoms with Gasteiger partial charge in [0.05, 0.1) is 4.92 Å². The van der Waals surface area contributed by atoms with Gasteiger partial charge in [0.1, 0.15) is 10.8 Å². The first-order valence-corrected chi connectivity index (χ1v) is 8.30. The Kier molecular flexibility index (Phi) is 5.18. The molecule has 1 fully saturated rings. The van der Waals surface area contributed by atoms with Crippen LogP contribution in [0.2, 0.25) is 10.2 Å². The highest BCUT2D eigenvalue weighted by Crippen LogP contribution is 2.31. The molecule has 0 saturated carbocycles. The minimum atomic E-state index is -0.382. The summed E-state index contributed by atoms with van der Waals surface area (Å²) in [7, 11) is 0. The monoisotopic (exact) mass is 366 g/mol. The lowest BCUT2D eigenvalue weighted by molar-refractivity contribution is -0.384. The highest BCUT2D eigenvalue weighted by atomic mass is 35.5. The molecular weight excluding hydrogens is 351 g/mol. The summed E-state index contributed by atoms with van der Waals surface area (Å²) in [6.45, 7) is 3.88. The van der Waals surface area contributed by atoms with Crippen molar-refractivity contribution < 1.29 is 4.92 Å². The van der Waals surface area contributed by atoms with Gasteiger partial charge in [-0.2, -0.15) is 0 Å². The Morgan fingerprint density at radius 3 is 2.54 bits per heavy atom. The molecule has 6 nitrogen and oxygen atoms in total. The summed E-state index contributed by atoms with van der Waals surface area (Å²) in [5.74, 6) is 0. The molecule has 0 spiro atoms. The standard InChI is InChI=1S/C16H16Cl2N4O2/c17-13-1-2-14(15(10-13)22(23)24)21-7-5-20(6-8-21)11-12-3-4-19-16(18)9-12/h1-4,9-10H,5-8,11H2. The minimum Gasteiger partial charge on any atom is -0.363 e. The fraction of sp³-hybridized carbons (Fsp3) is 0.312. The third kappa shape index (κ3) is 3.95. The van der Waals surface area contributed by atoms with Gasteiger partial charge < -0.3 is 4.90 Å². The largest absolute Gasteiger partial charge is 0.363 e. The van der Waals surface area contributed by atoms with E-state index in [9.17, 15) is 10.1 Å². The average molecular weight is 367 g/mol. The molecule has 24 heavy (non-hydrogen) atoms. The van der Waals surface area contributed by atoms with Crippen LogP contribution in [-0.2, 0) is 6.54 Å². The summed E-state index contributed by atoms with van der Waals surface area (Å²) in [4.78, 5) is 19.2. The first kappa shape index (κ1) is 17.0. The smallest absolute Gasteiger partial charge is 0.294 e. The summed E-state index contributed by atoms with van der Waals surface area (Å²) in [6, 6.07) is 8.62. The molecule has 0 N–H and O–H groups in total. The Labute approximate surface area is 149 Å². The van der Waals surface area contributed by atoms with E-state index in [1.54, 1.807) is 18.3 Å². The van der Waals surface area contributed by atoms with Crippen LogP contribution in [0.3, 0.4) is 0 Å². The predicted molar refractivity (Wildman–Crippen MR) is 94.8 cm³/mol. The van der Waals surface area contributed by atoms with Crippen molar-refractivity contribution in [3.8, 4) is 0 Å². The number of nitrogens with zero attached hydrogens (tertiary/aromatic N) is 4. The molecule has 0 amide bonds. The number of aromatic nitrogens is 1. The number of hydrogen-bond acceptors (Lipinski definition) is 5. The molecule has 0 unspecified atom stereocenters. The molecule has 126 valence electrons. The van der Waals surface area contributed by atoms with Crippen LogP contribution in [0.15, 0.2) is 36.5 Å². The highest BCUT2D eigenvalue weighted by Gasteiger charge is 2.24. The number of anilines is 1. The summed E-state index contributed by atoms with van der Waals surface area (Å²) in [6.07, 6.45) is 1.70. The Bertz CT molecular complexity index is 749. The van der Waals surface area contributed by atoms with Crippen LogP contribution in [0.5, 0.6) is 0 Å². The van der Waals surface area contributed by atoms with Gasteiger partial charge in [0, 0.05) is 50.0 Å². The topological polar surface area (TPSA) is 62.5 Å². The number of nitro benzene ring substituents is 1. The van der Waals surface area contributed by atoms with Gasteiger partial charge in [-0.15, -0.1) is 0 Å². The summed E-state index contributed by atoms with van der Waals surface area (Å²) >= 11 is 11.8.